The van der Waals surface area contributed by atoms with Crippen molar-refractivity contribution in [3.05, 3.63) is 65.5 Å². The summed E-state index contributed by atoms with van der Waals surface area (Å²) in [5.41, 5.74) is 5.02. The van der Waals surface area contributed by atoms with Gasteiger partial charge < -0.3 is 10.6 Å². The van der Waals surface area contributed by atoms with Crippen LogP contribution in [0.5, 0.6) is 0 Å². The molecule has 0 unspecified atom stereocenters. The average molecular weight is 335 g/mol. The van der Waals surface area contributed by atoms with Gasteiger partial charge in [-0.25, -0.2) is 4.98 Å². The van der Waals surface area contributed by atoms with Gasteiger partial charge in [0.25, 0.3) is 5.91 Å². The second kappa shape index (κ2) is 8.47. The molecule has 1 aromatic carbocycles. The highest BCUT2D eigenvalue weighted by molar-refractivity contribution is 5.92. The van der Waals surface area contributed by atoms with Crippen LogP contribution in [-0.4, -0.2) is 17.4 Å². The number of pyridine rings is 1. The largest absolute Gasteiger partial charge is 0.354 e. The number of nitrogens with zero attached hydrogens (tertiary/aromatic N) is 1. The minimum Gasteiger partial charge on any atom is -0.354 e. The monoisotopic (exact) mass is 335 g/mol. The molecule has 1 aliphatic carbocycles. The Balaban J connectivity index is 1.49. The third-order valence-electron chi connectivity index (χ3n) is 4.45. The van der Waals surface area contributed by atoms with Gasteiger partial charge in [-0.2, -0.15) is 0 Å². The van der Waals surface area contributed by atoms with E-state index in [0.717, 1.165) is 17.8 Å². The van der Waals surface area contributed by atoms with Gasteiger partial charge in [0.1, 0.15) is 5.69 Å². The van der Waals surface area contributed by atoms with Crippen molar-refractivity contribution in [2.45, 2.75) is 39.0 Å². The second-order valence-electron chi connectivity index (χ2n) is 6.54. The summed E-state index contributed by atoms with van der Waals surface area (Å²) in [6.45, 7) is 2.74. The highest BCUT2D eigenvalue weighted by Gasteiger charge is 2.08. The Bertz CT molecular complexity index is 733. The maximum absolute atomic E-state index is 12.2. The van der Waals surface area contributed by atoms with E-state index in [1.165, 1.54) is 36.8 Å². The van der Waals surface area contributed by atoms with Crippen LogP contribution in [0.25, 0.3) is 0 Å². The summed E-state index contributed by atoms with van der Waals surface area (Å²) in [5, 5.41) is 6.24. The fourth-order valence-corrected chi connectivity index (χ4v) is 2.96. The summed E-state index contributed by atoms with van der Waals surface area (Å²) in [4.78, 5) is 16.4. The average Bonchev–Trinajstić information content (AvgIpc) is 2.65. The fraction of sp³-hybridized carbons (Fsp3) is 0.333. The molecule has 1 heterocycles. The number of anilines is 2. The molecule has 0 spiro atoms. The van der Waals surface area contributed by atoms with Crippen molar-refractivity contribution in [1.29, 1.82) is 0 Å². The molecule has 4 nitrogen and oxygen atoms in total. The van der Waals surface area contributed by atoms with Crippen LogP contribution in [0.2, 0.25) is 0 Å². The lowest BCUT2D eigenvalue weighted by Gasteiger charge is -2.13. The quantitative estimate of drug-likeness (QED) is 0.749. The molecule has 0 aliphatic heterocycles. The zero-order valence-corrected chi connectivity index (χ0v) is 14.7. The van der Waals surface area contributed by atoms with Crippen molar-refractivity contribution in [3.8, 4) is 0 Å². The van der Waals surface area contributed by atoms with Crippen LogP contribution >= 0.6 is 0 Å². The number of aryl methyl sites for hydroxylation is 1. The van der Waals surface area contributed by atoms with Crippen molar-refractivity contribution in [3.63, 3.8) is 0 Å². The molecule has 1 aromatic heterocycles. The zero-order chi connectivity index (χ0) is 17.5. The summed E-state index contributed by atoms with van der Waals surface area (Å²) in [6, 6.07) is 11.8. The molecule has 0 saturated carbocycles. The zero-order valence-electron chi connectivity index (χ0n) is 14.7. The first-order valence-electron chi connectivity index (χ1n) is 8.96. The molecule has 0 radical (unpaired) electrons. The van der Waals surface area contributed by atoms with E-state index in [2.05, 4.69) is 40.8 Å². The molecular weight excluding hydrogens is 310 g/mol. The van der Waals surface area contributed by atoms with Crippen molar-refractivity contribution in [2.24, 2.45) is 0 Å². The number of hydrogen-bond donors (Lipinski definition) is 2. The first-order valence-corrected chi connectivity index (χ1v) is 8.96. The Morgan fingerprint density at radius 2 is 1.88 bits per heavy atom. The van der Waals surface area contributed by atoms with Gasteiger partial charge in [0, 0.05) is 12.2 Å². The SMILES string of the molecule is Cc1ccc(Nc2ccc(C(=O)NCCC3=CCCCC3)nc2)cc1. The molecule has 4 heteroatoms. The van der Waals surface area contributed by atoms with Gasteiger partial charge in [0.15, 0.2) is 0 Å². The summed E-state index contributed by atoms with van der Waals surface area (Å²) >= 11 is 0. The van der Waals surface area contributed by atoms with E-state index in [9.17, 15) is 4.79 Å². The van der Waals surface area contributed by atoms with Crippen LogP contribution in [-0.2, 0) is 0 Å². The first kappa shape index (κ1) is 17.2. The molecule has 0 atom stereocenters. The Hall–Kier alpha value is -2.62. The maximum Gasteiger partial charge on any atom is 0.269 e. The van der Waals surface area contributed by atoms with Gasteiger partial charge in [-0.15, -0.1) is 0 Å². The van der Waals surface area contributed by atoms with E-state index < -0.39 is 0 Å². The number of carbonyl (C=O) groups is 1. The molecule has 1 amide bonds. The summed E-state index contributed by atoms with van der Waals surface area (Å²) in [5.74, 6) is -0.113. The topological polar surface area (TPSA) is 54.0 Å². The van der Waals surface area contributed by atoms with Gasteiger partial charge in [0.2, 0.25) is 0 Å². The van der Waals surface area contributed by atoms with E-state index in [0.29, 0.717) is 12.2 Å². The van der Waals surface area contributed by atoms with E-state index >= 15 is 0 Å². The lowest BCUT2D eigenvalue weighted by atomic mass is 9.97. The number of carbonyl (C=O) groups excluding carboxylic acids is 1. The van der Waals surface area contributed by atoms with Crippen molar-refractivity contribution in [1.82, 2.24) is 10.3 Å². The van der Waals surface area contributed by atoms with Crippen molar-refractivity contribution < 1.29 is 4.79 Å². The molecule has 2 N–H and O–H groups in total. The lowest BCUT2D eigenvalue weighted by molar-refractivity contribution is 0.0949. The minimum atomic E-state index is -0.113. The van der Waals surface area contributed by atoms with Crippen molar-refractivity contribution in [2.75, 3.05) is 11.9 Å². The molecule has 130 valence electrons. The first-order chi connectivity index (χ1) is 12.2. The molecule has 0 fully saturated rings. The Morgan fingerprint density at radius 3 is 2.56 bits per heavy atom. The number of hydrogen-bond acceptors (Lipinski definition) is 3. The normalized spacial score (nSPS) is 13.9. The second-order valence-corrected chi connectivity index (χ2v) is 6.54. The summed E-state index contributed by atoms with van der Waals surface area (Å²) in [7, 11) is 0. The van der Waals surface area contributed by atoms with Gasteiger partial charge >= 0.3 is 0 Å². The van der Waals surface area contributed by atoms with E-state index in [-0.39, 0.29) is 5.91 Å². The smallest absolute Gasteiger partial charge is 0.269 e. The Labute approximate surface area is 149 Å². The number of nitrogens with one attached hydrogen (secondary N) is 2. The molecule has 0 bridgehead atoms. The van der Waals surface area contributed by atoms with Crippen molar-refractivity contribution >= 4 is 17.3 Å². The van der Waals surface area contributed by atoms with Crippen LogP contribution in [0.1, 0.15) is 48.2 Å². The maximum atomic E-state index is 12.2. The molecule has 2 aromatic rings. The highest BCUT2D eigenvalue weighted by Crippen LogP contribution is 2.19. The van der Waals surface area contributed by atoms with Crippen LogP contribution in [0.4, 0.5) is 11.4 Å². The number of allylic oxidation sites excluding steroid dienone is 1. The predicted molar refractivity (Wildman–Crippen MR) is 102 cm³/mol. The van der Waals surface area contributed by atoms with Gasteiger partial charge in [-0.05, 0) is 63.3 Å². The van der Waals surface area contributed by atoms with Crippen LogP contribution in [0, 0.1) is 6.92 Å². The van der Waals surface area contributed by atoms with Crippen LogP contribution < -0.4 is 10.6 Å². The third-order valence-corrected chi connectivity index (χ3v) is 4.45. The number of amides is 1. The van der Waals surface area contributed by atoms with Gasteiger partial charge in [-0.1, -0.05) is 29.3 Å². The summed E-state index contributed by atoms with van der Waals surface area (Å²) in [6.07, 6.45) is 9.88. The molecule has 25 heavy (non-hydrogen) atoms. The number of aromatic nitrogens is 1. The number of rotatable bonds is 6. The van der Waals surface area contributed by atoms with Crippen LogP contribution in [0.3, 0.4) is 0 Å². The minimum absolute atomic E-state index is 0.113. The Morgan fingerprint density at radius 1 is 1.08 bits per heavy atom. The third kappa shape index (κ3) is 5.18. The van der Waals surface area contributed by atoms with E-state index in [1.807, 2.05) is 18.2 Å². The van der Waals surface area contributed by atoms with Gasteiger partial charge in [-0.3, -0.25) is 4.79 Å². The standard InChI is InChI=1S/C21H25N3O/c1-16-7-9-18(10-8-16)24-19-11-12-20(23-15-19)21(25)22-14-13-17-5-3-2-4-6-17/h5,7-12,15,24H,2-4,6,13-14H2,1H3,(H,22,25). The highest BCUT2D eigenvalue weighted by atomic mass is 16.1. The molecule has 0 saturated heterocycles. The van der Waals surface area contributed by atoms with Crippen LogP contribution in [0.15, 0.2) is 54.2 Å². The number of benzene rings is 1. The predicted octanol–water partition coefficient (Wildman–Crippen LogP) is 4.75. The molecular formula is C21H25N3O. The molecule has 3 rings (SSSR count). The lowest BCUT2D eigenvalue weighted by Crippen LogP contribution is -2.25. The van der Waals surface area contributed by atoms with E-state index in [1.54, 1.807) is 12.3 Å². The Kier molecular flexibility index (Phi) is 5.83. The van der Waals surface area contributed by atoms with Gasteiger partial charge in [0.05, 0.1) is 11.9 Å². The van der Waals surface area contributed by atoms with E-state index in [4.69, 9.17) is 0 Å². The summed E-state index contributed by atoms with van der Waals surface area (Å²) < 4.78 is 0. The fourth-order valence-electron chi connectivity index (χ4n) is 2.96. The molecule has 1 aliphatic rings.